The normalized spacial score (nSPS) is 17.4. The zero-order valence-corrected chi connectivity index (χ0v) is 12.1. The van der Waals surface area contributed by atoms with Gasteiger partial charge in [0.05, 0.1) is 6.04 Å². The third kappa shape index (κ3) is 3.69. The van der Waals surface area contributed by atoms with Crippen LogP contribution in [0.15, 0.2) is 30.3 Å². The van der Waals surface area contributed by atoms with Crippen LogP contribution < -0.4 is 5.32 Å². The van der Waals surface area contributed by atoms with E-state index >= 15 is 0 Å². The number of carbonyl (C=O) groups is 2. The first kappa shape index (κ1) is 14.8. The van der Waals surface area contributed by atoms with Crippen LogP contribution in [0.1, 0.15) is 55.8 Å². The van der Waals surface area contributed by atoms with E-state index in [1.165, 1.54) is 19.3 Å². The van der Waals surface area contributed by atoms with Crippen LogP contribution in [0.2, 0.25) is 0 Å². The molecular formula is C17H23NO2. The van der Waals surface area contributed by atoms with Crippen LogP contribution in [-0.2, 0) is 4.79 Å². The summed E-state index contributed by atoms with van der Waals surface area (Å²) >= 11 is 0. The quantitative estimate of drug-likeness (QED) is 0.894. The summed E-state index contributed by atoms with van der Waals surface area (Å²) < 4.78 is 0. The zero-order chi connectivity index (χ0) is 14.4. The highest BCUT2D eigenvalue weighted by Crippen LogP contribution is 2.27. The van der Waals surface area contributed by atoms with E-state index in [0.29, 0.717) is 17.9 Å². The SMILES string of the molecule is CCC(=O)[C@@H](NC(=O)c1ccccc1)C1CCCCC1. The predicted molar refractivity (Wildman–Crippen MR) is 79.6 cm³/mol. The van der Waals surface area contributed by atoms with Crippen LogP contribution in [0, 0.1) is 5.92 Å². The fourth-order valence-electron chi connectivity index (χ4n) is 2.96. The molecule has 1 fully saturated rings. The van der Waals surface area contributed by atoms with Gasteiger partial charge in [-0.2, -0.15) is 0 Å². The van der Waals surface area contributed by atoms with Gasteiger partial charge in [0, 0.05) is 12.0 Å². The number of ketones is 1. The molecule has 3 heteroatoms. The van der Waals surface area contributed by atoms with Gasteiger partial charge in [0.1, 0.15) is 0 Å². The fourth-order valence-corrected chi connectivity index (χ4v) is 2.96. The van der Waals surface area contributed by atoms with Gasteiger partial charge in [-0.3, -0.25) is 9.59 Å². The Morgan fingerprint density at radius 1 is 1.15 bits per heavy atom. The van der Waals surface area contributed by atoms with Gasteiger partial charge in [0.25, 0.3) is 5.91 Å². The van der Waals surface area contributed by atoms with Crippen LogP contribution in [0.5, 0.6) is 0 Å². The lowest BCUT2D eigenvalue weighted by Gasteiger charge is -2.29. The van der Waals surface area contributed by atoms with Gasteiger partial charge >= 0.3 is 0 Å². The van der Waals surface area contributed by atoms with E-state index in [9.17, 15) is 9.59 Å². The lowest BCUT2D eigenvalue weighted by atomic mass is 9.81. The molecule has 108 valence electrons. The summed E-state index contributed by atoms with van der Waals surface area (Å²) in [4.78, 5) is 24.4. The maximum atomic E-state index is 12.3. The van der Waals surface area contributed by atoms with Gasteiger partial charge in [0.15, 0.2) is 5.78 Å². The molecule has 3 nitrogen and oxygen atoms in total. The molecule has 2 rings (SSSR count). The van der Waals surface area contributed by atoms with Gasteiger partial charge in [0.2, 0.25) is 0 Å². The molecule has 1 saturated carbocycles. The monoisotopic (exact) mass is 273 g/mol. The second-order valence-corrected chi connectivity index (χ2v) is 5.54. The van der Waals surface area contributed by atoms with E-state index in [-0.39, 0.29) is 17.7 Å². The van der Waals surface area contributed by atoms with E-state index in [0.717, 1.165) is 12.8 Å². The minimum Gasteiger partial charge on any atom is -0.342 e. The largest absolute Gasteiger partial charge is 0.342 e. The summed E-state index contributed by atoms with van der Waals surface area (Å²) in [7, 11) is 0. The molecule has 0 heterocycles. The lowest BCUT2D eigenvalue weighted by Crippen LogP contribution is -2.46. The van der Waals surface area contributed by atoms with Crippen molar-refractivity contribution in [2.24, 2.45) is 5.92 Å². The standard InChI is InChI=1S/C17H23NO2/c1-2-15(19)16(13-9-5-3-6-10-13)18-17(20)14-11-7-4-8-12-14/h4,7-8,11-13,16H,2-3,5-6,9-10H2,1H3,(H,18,20)/t16-/m0/s1. The molecule has 1 N–H and O–H groups in total. The number of hydrogen-bond acceptors (Lipinski definition) is 2. The molecule has 1 aromatic rings. The Morgan fingerprint density at radius 3 is 2.40 bits per heavy atom. The first-order chi connectivity index (χ1) is 9.72. The van der Waals surface area contributed by atoms with E-state index in [1.807, 2.05) is 25.1 Å². The number of Topliss-reactive ketones (excluding diaryl/α,β-unsaturated/α-hetero) is 1. The number of carbonyl (C=O) groups excluding carboxylic acids is 2. The van der Waals surface area contributed by atoms with Gasteiger partial charge in [-0.1, -0.05) is 44.4 Å². The second-order valence-electron chi connectivity index (χ2n) is 5.54. The Labute approximate surface area is 120 Å². The van der Waals surface area contributed by atoms with Crippen molar-refractivity contribution < 1.29 is 9.59 Å². The van der Waals surface area contributed by atoms with Gasteiger partial charge in [-0.15, -0.1) is 0 Å². The van der Waals surface area contributed by atoms with E-state index in [4.69, 9.17) is 0 Å². The van der Waals surface area contributed by atoms with Crippen molar-refractivity contribution in [2.75, 3.05) is 0 Å². The number of rotatable bonds is 5. The number of benzene rings is 1. The third-order valence-electron chi connectivity index (χ3n) is 4.14. The number of amides is 1. The molecule has 1 aliphatic rings. The van der Waals surface area contributed by atoms with Gasteiger partial charge < -0.3 is 5.32 Å². The van der Waals surface area contributed by atoms with Gasteiger partial charge in [-0.05, 0) is 30.9 Å². The lowest BCUT2D eigenvalue weighted by molar-refractivity contribution is -0.122. The molecule has 0 saturated heterocycles. The minimum absolute atomic E-state index is 0.136. The molecule has 0 aromatic heterocycles. The van der Waals surface area contributed by atoms with Crippen molar-refractivity contribution in [3.63, 3.8) is 0 Å². The Bertz CT molecular complexity index is 449. The summed E-state index contributed by atoms with van der Waals surface area (Å²) in [5.41, 5.74) is 0.622. The van der Waals surface area contributed by atoms with E-state index in [2.05, 4.69) is 5.32 Å². The van der Waals surface area contributed by atoms with E-state index < -0.39 is 0 Å². The van der Waals surface area contributed by atoms with Crippen molar-refractivity contribution >= 4 is 11.7 Å². The smallest absolute Gasteiger partial charge is 0.251 e. The molecule has 0 unspecified atom stereocenters. The molecular weight excluding hydrogens is 250 g/mol. The van der Waals surface area contributed by atoms with Crippen LogP contribution in [0.25, 0.3) is 0 Å². The first-order valence-electron chi connectivity index (χ1n) is 7.61. The molecule has 1 aliphatic carbocycles. The molecule has 0 spiro atoms. The Balaban J connectivity index is 2.07. The highest BCUT2D eigenvalue weighted by Gasteiger charge is 2.29. The Hall–Kier alpha value is -1.64. The molecule has 0 aliphatic heterocycles. The third-order valence-corrected chi connectivity index (χ3v) is 4.14. The van der Waals surface area contributed by atoms with Crippen molar-refractivity contribution in [3.8, 4) is 0 Å². The fraction of sp³-hybridized carbons (Fsp3) is 0.529. The summed E-state index contributed by atoms with van der Waals surface area (Å²) in [6.07, 6.45) is 6.15. The van der Waals surface area contributed by atoms with Crippen LogP contribution in [0.3, 0.4) is 0 Å². The Morgan fingerprint density at radius 2 is 1.80 bits per heavy atom. The highest BCUT2D eigenvalue weighted by atomic mass is 16.2. The minimum atomic E-state index is -0.312. The van der Waals surface area contributed by atoms with Crippen molar-refractivity contribution in [2.45, 2.75) is 51.5 Å². The highest BCUT2D eigenvalue weighted by molar-refractivity contribution is 5.97. The van der Waals surface area contributed by atoms with E-state index in [1.54, 1.807) is 12.1 Å². The van der Waals surface area contributed by atoms with Gasteiger partial charge in [-0.25, -0.2) is 0 Å². The van der Waals surface area contributed by atoms with Crippen LogP contribution >= 0.6 is 0 Å². The average molecular weight is 273 g/mol. The summed E-state index contributed by atoms with van der Waals surface area (Å²) in [5.74, 6) is 0.327. The molecule has 0 radical (unpaired) electrons. The summed E-state index contributed by atoms with van der Waals surface area (Å²) in [6.45, 7) is 1.87. The number of nitrogens with one attached hydrogen (secondary N) is 1. The summed E-state index contributed by atoms with van der Waals surface area (Å²) in [6, 6.07) is 8.81. The Kier molecular flexibility index (Phi) is 5.33. The summed E-state index contributed by atoms with van der Waals surface area (Å²) in [5, 5.41) is 2.97. The first-order valence-corrected chi connectivity index (χ1v) is 7.61. The number of hydrogen-bond donors (Lipinski definition) is 1. The maximum Gasteiger partial charge on any atom is 0.251 e. The molecule has 1 aromatic carbocycles. The average Bonchev–Trinajstić information content (AvgIpc) is 2.53. The molecule has 1 amide bonds. The topological polar surface area (TPSA) is 46.2 Å². The molecule has 1 atom stereocenters. The van der Waals surface area contributed by atoms with Crippen molar-refractivity contribution in [1.29, 1.82) is 0 Å². The van der Waals surface area contributed by atoms with Crippen molar-refractivity contribution in [1.82, 2.24) is 5.32 Å². The second kappa shape index (κ2) is 7.22. The predicted octanol–water partition coefficient (Wildman–Crippen LogP) is 3.34. The van der Waals surface area contributed by atoms with Crippen LogP contribution in [0.4, 0.5) is 0 Å². The maximum absolute atomic E-state index is 12.3. The molecule has 0 bridgehead atoms. The molecule has 20 heavy (non-hydrogen) atoms. The van der Waals surface area contributed by atoms with Crippen molar-refractivity contribution in [3.05, 3.63) is 35.9 Å². The zero-order valence-electron chi connectivity index (χ0n) is 12.1. The van der Waals surface area contributed by atoms with Crippen LogP contribution in [-0.4, -0.2) is 17.7 Å².